The number of hydrogen-bond donors (Lipinski definition) is 1. The lowest BCUT2D eigenvalue weighted by molar-refractivity contribution is 0.0697. The Labute approximate surface area is 120 Å². The van der Waals surface area contributed by atoms with Gasteiger partial charge in [-0.15, -0.1) is 0 Å². The molecule has 2 aromatic rings. The van der Waals surface area contributed by atoms with E-state index in [1.165, 1.54) is 31.3 Å². The minimum Gasteiger partial charge on any atom is -0.478 e. The first-order chi connectivity index (χ1) is 9.82. The lowest BCUT2D eigenvalue weighted by Crippen LogP contribution is -2.26. The average Bonchev–Trinajstić information content (AvgIpc) is 2.46. The van der Waals surface area contributed by atoms with Crippen molar-refractivity contribution in [3.63, 3.8) is 0 Å². The Morgan fingerprint density at radius 1 is 1.24 bits per heavy atom. The molecule has 0 atom stereocenters. The molecule has 0 unspecified atom stereocenters. The number of aromatic nitrogens is 1. The summed E-state index contributed by atoms with van der Waals surface area (Å²) >= 11 is 0. The van der Waals surface area contributed by atoms with E-state index in [4.69, 9.17) is 5.11 Å². The minimum atomic E-state index is -3.96. The summed E-state index contributed by atoms with van der Waals surface area (Å²) < 4.78 is 38.6. The molecule has 0 aliphatic carbocycles. The van der Waals surface area contributed by atoms with Crippen LogP contribution in [0.25, 0.3) is 0 Å². The molecule has 0 aliphatic heterocycles. The van der Waals surface area contributed by atoms with Crippen LogP contribution in [-0.2, 0) is 10.0 Å². The van der Waals surface area contributed by atoms with Crippen LogP contribution in [0, 0.1) is 5.82 Å². The second-order valence-electron chi connectivity index (χ2n) is 4.16. The molecule has 8 heteroatoms. The van der Waals surface area contributed by atoms with E-state index in [0.717, 1.165) is 22.8 Å². The van der Waals surface area contributed by atoms with Gasteiger partial charge in [0.1, 0.15) is 10.7 Å². The first-order valence-electron chi connectivity index (χ1n) is 5.75. The number of carboxylic acid groups (broad SMARTS) is 1. The fraction of sp³-hybridized carbons (Fsp3) is 0.0769. The molecule has 1 aromatic carbocycles. The van der Waals surface area contributed by atoms with Crippen LogP contribution in [0.3, 0.4) is 0 Å². The molecule has 1 aromatic heterocycles. The van der Waals surface area contributed by atoms with Crippen LogP contribution in [-0.4, -0.2) is 31.5 Å². The Morgan fingerprint density at radius 2 is 1.86 bits per heavy atom. The number of sulfonamides is 1. The second-order valence-corrected chi connectivity index (χ2v) is 6.13. The van der Waals surface area contributed by atoms with Crippen LogP contribution >= 0.6 is 0 Å². The Balaban J connectivity index is 2.38. The Kier molecular flexibility index (Phi) is 3.90. The standard InChI is InChI=1S/C13H11FN2O4S/c1-16(11-4-2-9(3-5-11)13(17)18)21(19,20)12-6-10(14)7-15-8-12/h2-8H,1H3,(H,17,18). The molecule has 1 N–H and O–H groups in total. The van der Waals surface area contributed by atoms with Gasteiger partial charge in [0.2, 0.25) is 0 Å². The van der Waals surface area contributed by atoms with E-state index >= 15 is 0 Å². The molecule has 0 aliphatic rings. The molecule has 2 rings (SSSR count). The van der Waals surface area contributed by atoms with Crippen LogP contribution in [0.15, 0.2) is 47.6 Å². The number of halogens is 1. The Bertz CT molecular complexity index is 775. The molecule has 0 fully saturated rings. The molecule has 0 bridgehead atoms. The quantitative estimate of drug-likeness (QED) is 0.929. The SMILES string of the molecule is CN(c1ccc(C(=O)O)cc1)S(=O)(=O)c1cncc(F)c1. The first-order valence-corrected chi connectivity index (χ1v) is 7.19. The summed E-state index contributed by atoms with van der Waals surface area (Å²) in [5, 5.41) is 8.80. The van der Waals surface area contributed by atoms with E-state index < -0.39 is 21.8 Å². The fourth-order valence-corrected chi connectivity index (χ4v) is 2.82. The van der Waals surface area contributed by atoms with Gasteiger partial charge in [0, 0.05) is 13.2 Å². The summed E-state index contributed by atoms with van der Waals surface area (Å²) in [5.41, 5.74) is 0.293. The van der Waals surface area contributed by atoms with Gasteiger partial charge in [-0.1, -0.05) is 0 Å². The van der Waals surface area contributed by atoms with Crippen molar-refractivity contribution in [1.82, 2.24) is 4.98 Å². The fourth-order valence-electron chi connectivity index (χ4n) is 1.64. The Morgan fingerprint density at radius 3 is 2.38 bits per heavy atom. The van der Waals surface area contributed by atoms with Crippen molar-refractivity contribution in [3.8, 4) is 0 Å². The van der Waals surface area contributed by atoms with Gasteiger partial charge in [-0.05, 0) is 30.3 Å². The van der Waals surface area contributed by atoms with Gasteiger partial charge >= 0.3 is 5.97 Å². The normalized spacial score (nSPS) is 11.1. The van der Waals surface area contributed by atoms with Crippen LogP contribution in [0.2, 0.25) is 0 Å². The van der Waals surface area contributed by atoms with Crippen LogP contribution in [0.5, 0.6) is 0 Å². The summed E-state index contributed by atoms with van der Waals surface area (Å²) in [6.45, 7) is 0. The molecule has 0 radical (unpaired) electrons. The second kappa shape index (κ2) is 5.49. The topological polar surface area (TPSA) is 87.6 Å². The number of pyridine rings is 1. The van der Waals surface area contributed by atoms with E-state index in [9.17, 15) is 17.6 Å². The molecule has 21 heavy (non-hydrogen) atoms. The van der Waals surface area contributed by atoms with Crippen LogP contribution in [0.4, 0.5) is 10.1 Å². The Hall–Kier alpha value is -2.48. The highest BCUT2D eigenvalue weighted by molar-refractivity contribution is 7.92. The zero-order valence-electron chi connectivity index (χ0n) is 10.9. The maximum absolute atomic E-state index is 13.1. The van der Waals surface area contributed by atoms with Crippen molar-refractivity contribution in [3.05, 3.63) is 54.1 Å². The maximum atomic E-state index is 13.1. The van der Waals surface area contributed by atoms with E-state index in [2.05, 4.69) is 4.98 Å². The zero-order chi connectivity index (χ0) is 15.6. The number of aromatic carboxylic acids is 1. The minimum absolute atomic E-state index is 0.0389. The molecule has 0 saturated carbocycles. The molecule has 0 amide bonds. The van der Waals surface area contributed by atoms with Crippen LogP contribution in [0.1, 0.15) is 10.4 Å². The number of carbonyl (C=O) groups is 1. The van der Waals surface area contributed by atoms with Gasteiger partial charge < -0.3 is 5.11 Å². The molecule has 0 spiro atoms. The van der Waals surface area contributed by atoms with Crippen molar-refractivity contribution >= 4 is 21.7 Å². The van der Waals surface area contributed by atoms with Gasteiger partial charge in [-0.2, -0.15) is 0 Å². The summed E-state index contributed by atoms with van der Waals surface area (Å²) in [5.74, 6) is -1.87. The maximum Gasteiger partial charge on any atom is 0.335 e. The van der Waals surface area contributed by atoms with Crippen molar-refractivity contribution in [1.29, 1.82) is 0 Å². The monoisotopic (exact) mass is 310 g/mol. The lowest BCUT2D eigenvalue weighted by Gasteiger charge is -2.19. The number of benzene rings is 1. The van der Waals surface area contributed by atoms with Crippen molar-refractivity contribution in [2.45, 2.75) is 4.90 Å². The summed E-state index contributed by atoms with van der Waals surface area (Å²) in [6.07, 6.45) is 1.95. The van der Waals surface area contributed by atoms with Gasteiger partial charge in [0.05, 0.1) is 17.4 Å². The zero-order valence-corrected chi connectivity index (χ0v) is 11.7. The molecule has 6 nitrogen and oxygen atoms in total. The largest absolute Gasteiger partial charge is 0.478 e. The van der Waals surface area contributed by atoms with Crippen LogP contribution < -0.4 is 4.31 Å². The number of hydrogen-bond acceptors (Lipinski definition) is 4. The lowest BCUT2D eigenvalue weighted by atomic mass is 10.2. The number of nitrogens with zero attached hydrogens (tertiary/aromatic N) is 2. The van der Waals surface area contributed by atoms with E-state index in [1.54, 1.807) is 0 Å². The van der Waals surface area contributed by atoms with E-state index in [0.29, 0.717) is 0 Å². The smallest absolute Gasteiger partial charge is 0.335 e. The van der Waals surface area contributed by atoms with Crippen molar-refractivity contribution in [2.24, 2.45) is 0 Å². The van der Waals surface area contributed by atoms with E-state index in [1.807, 2.05) is 0 Å². The highest BCUT2D eigenvalue weighted by Crippen LogP contribution is 2.22. The highest BCUT2D eigenvalue weighted by Gasteiger charge is 2.22. The highest BCUT2D eigenvalue weighted by atomic mass is 32.2. The van der Waals surface area contributed by atoms with Crippen molar-refractivity contribution < 1.29 is 22.7 Å². The van der Waals surface area contributed by atoms with Gasteiger partial charge in [-0.25, -0.2) is 17.6 Å². The molecular formula is C13H11FN2O4S. The van der Waals surface area contributed by atoms with Gasteiger partial charge in [0.25, 0.3) is 10.0 Å². The summed E-state index contributed by atoms with van der Waals surface area (Å²) in [4.78, 5) is 14.0. The molecule has 110 valence electrons. The third kappa shape index (κ3) is 3.00. The number of rotatable bonds is 4. The predicted molar refractivity (Wildman–Crippen MR) is 73.2 cm³/mol. The average molecular weight is 310 g/mol. The van der Waals surface area contributed by atoms with E-state index in [-0.39, 0.29) is 16.1 Å². The van der Waals surface area contributed by atoms with Crippen molar-refractivity contribution in [2.75, 3.05) is 11.4 Å². The summed E-state index contributed by atoms with van der Waals surface area (Å²) in [7, 11) is -2.68. The third-order valence-corrected chi connectivity index (χ3v) is 4.57. The predicted octanol–water partition coefficient (Wildman–Crippen LogP) is 1.74. The molecule has 1 heterocycles. The number of carboxylic acids is 1. The third-order valence-electron chi connectivity index (χ3n) is 2.82. The van der Waals surface area contributed by atoms with Gasteiger partial charge in [-0.3, -0.25) is 9.29 Å². The molecule has 0 saturated heterocycles. The first kappa shape index (κ1) is 14.9. The molecular weight excluding hydrogens is 299 g/mol. The van der Waals surface area contributed by atoms with Gasteiger partial charge in [0.15, 0.2) is 0 Å². The summed E-state index contributed by atoms with van der Waals surface area (Å²) in [6, 6.07) is 6.15. The number of anilines is 1.